The topological polar surface area (TPSA) is 46.5 Å². The van der Waals surface area contributed by atoms with Crippen molar-refractivity contribution < 1.29 is 14.6 Å². The molecule has 0 aliphatic rings. The number of carboxylic acids is 1. The Kier molecular flexibility index (Phi) is 6.36. The van der Waals surface area contributed by atoms with Gasteiger partial charge >= 0.3 is 5.97 Å². The number of unbranched alkanes of at least 4 members (excludes halogenated alkanes) is 1. The summed E-state index contributed by atoms with van der Waals surface area (Å²) in [6.45, 7) is 0.695. The molecule has 0 spiro atoms. The fourth-order valence-corrected chi connectivity index (χ4v) is 0.890. The van der Waals surface area contributed by atoms with Crippen molar-refractivity contribution in [2.45, 2.75) is 24.5 Å². The third kappa shape index (κ3) is 6.19. The van der Waals surface area contributed by atoms with Crippen molar-refractivity contribution in [1.82, 2.24) is 0 Å². The van der Waals surface area contributed by atoms with Crippen molar-refractivity contribution in [2.75, 3.05) is 13.7 Å². The van der Waals surface area contributed by atoms with E-state index < -0.39 is 11.2 Å². The first-order valence-corrected chi connectivity index (χ1v) is 4.10. The van der Waals surface area contributed by atoms with E-state index in [9.17, 15) is 4.79 Å². The molecular formula is C7H14O3S. The minimum absolute atomic E-state index is 0.521. The van der Waals surface area contributed by atoms with E-state index in [4.69, 9.17) is 9.84 Å². The van der Waals surface area contributed by atoms with Gasteiger partial charge in [0.05, 0.1) is 5.25 Å². The van der Waals surface area contributed by atoms with Crippen LogP contribution >= 0.6 is 12.6 Å². The molecule has 1 atom stereocenters. The van der Waals surface area contributed by atoms with Crippen LogP contribution in [0.2, 0.25) is 0 Å². The van der Waals surface area contributed by atoms with Crippen LogP contribution in [0.4, 0.5) is 0 Å². The predicted molar refractivity (Wildman–Crippen MR) is 46.1 cm³/mol. The van der Waals surface area contributed by atoms with Gasteiger partial charge in [-0.15, -0.1) is 0 Å². The Morgan fingerprint density at radius 1 is 1.64 bits per heavy atom. The van der Waals surface area contributed by atoms with Gasteiger partial charge in [0, 0.05) is 13.7 Å². The number of carboxylic acid groups (broad SMARTS) is 1. The molecule has 0 radical (unpaired) electrons. The SMILES string of the molecule is COCCCCC(S)C(=O)O. The van der Waals surface area contributed by atoms with Crippen molar-refractivity contribution in [3.05, 3.63) is 0 Å². The zero-order valence-corrected chi connectivity index (χ0v) is 7.51. The summed E-state index contributed by atoms with van der Waals surface area (Å²) in [6, 6.07) is 0. The molecule has 0 heterocycles. The number of thiol groups is 1. The second-order valence-corrected chi connectivity index (χ2v) is 2.97. The van der Waals surface area contributed by atoms with E-state index in [1.54, 1.807) is 7.11 Å². The van der Waals surface area contributed by atoms with Gasteiger partial charge in [-0.25, -0.2) is 0 Å². The lowest BCUT2D eigenvalue weighted by molar-refractivity contribution is -0.136. The molecule has 0 aromatic rings. The van der Waals surface area contributed by atoms with Gasteiger partial charge in [-0.3, -0.25) is 4.79 Å². The van der Waals surface area contributed by atoms with Crippen molar-refractivity contribution in [3.63, 3.8) is 0 Å². The summed E-state index contributed by atoms with van der Waals surface area (Å²) in [6.07, 6.45) is 2.37. The molecule has 1 N–H and O–H groups in total. The molecule has 0 fully saturated rings. The number of aliphatic carboxylic acids is 1. The maximum Gasteiger partial charge on any atom is 0.316 e. The maximum absolute atomic E-state index is 10.3. The molecule has 4 heteroatoms. The Balaban J connectivity index is 3.17. The smallest absolute Gasteiger partial charge is 0.316 e. The predicted octanol–water partition coefficient (Wildman–Crippen LogP) is 1.19. The lowest BCUT2D eigenvalue weighted by atomic mass is 10.2. The highest BCUT2D eigenvalue weighted by Gasteiger charge is 2.10. The second-order valence-electron chi connectivity index (χ2n) is 2.34. The Morgan fingerprint density at radius 2 is 2.27 bits per heavy atom. The first-order chi connectivity index (χ1) is 5.18. The lowest BCUT2D eigenvalue weighted by Gasteiger charge is -2.03. The molecule has 1 unspecified atom stereocenters. The second kappa shape index (κ2) is 6.49. The largest absolute Gasteiger partial charge is 0.480 e. The molecule has 0 saturated carbocycles. The van der Waals surface area contributed by atoms with Gasteiger partial charge in [0.25, 0.3) is 0 Å². The van der Waals surface area contributed by atoms with E-state index in [2.05, 4.69) is 12.6 Å². The molecule has 0 rings (SSSR count). The standard InChI is InChI=1S/C7H14O3S/c1-10-5-3-2-4-6(11)7(8)9/h6,11H,2-5H2,1H3,(H,8,9). The molecule has 11 heavy (non-hydrogen) atoms. The quantitative estimate of drug-likeness (QED) is 0.474. The van der Waals surface area contributed by atoms with E-state index in [1.165, 1.54) is 0 Å². The highest BCUT2D eigenvalue weighted by Crippen LogP contribution is 2.06. The summed E-state index contributed by atoms with van der Waals surface area (Å²) in [5, 5.41) is 7.91. The molecule has 0 aromatic carbocycles. The minimum atomic E-state index is -0.842. The summed E-state index contributed by atoms with van der Waals surface area (Å²) >= 11 is 3.89. The molecule has 0 aromatic heterocycles. The van der Waals surface area contributed by atoms with E-state index in [0.29, 0.717) is 13.0 Å². The summed E-state index contributed by atoms with van der Waals surface area (Å²) in [5.41, 5.74) is 0. The Hall–Kier alpha value is -0.220. The van der Waals surface area contributed by atoms with Crippen LogP contribution < -0.4 is 0 Å². The fourth-order valence-electron chi connectivity index (χ4n) is 0.708. The van der Waals surface area contributed by atoms with Gasteiger partial charge in [0.1, 0.15) is 0 Å². The number of hydrogen-bond donors (Lipinski definition) is 2. The summed E-state index contributed by atoms with van der Waals surface area (Å²) in [4.78, 5) is 10.3. The lowest BCUT2D eigenvalue weighted by Crippen LogP contribution is -2.13. The minimum Gasteiger partial charge on any atom is -0.480 e. The van der Waals surface area contributed by atoms with E-state index >= 15 is 0 Å². The van der Waals surface area contributed by atoms with Gasteiger partial charge < -0.3 is 9.84 Å². The van der Waals surface area contributed by atoms with Gasteiger partial charge in [0.15, 0.2) is 0 Å². The normalized spacial score (nSPS) is 12.9. The summed E-state index contributed by atoms with van der Waals surface area (Å²) in [5.74, 6) is -0.842. The van der Waals surface area contributed by atoms with Crippen molar-refractivity contribution in [2.24, 2.45) is 0 Å². The van der Waals surface area contributed by atoms with Crippen LogP contribution in [0.25, 0.3) is 0 Å². The van der Waals surface area contributed by atoms with Gasteiger partial charge in [-0.2, -0.15) is 12.6 Å². The molecule has 66 valence electrons. The third-order valence-corrected chi connectivity index (χ3v) is 1.84. The highest BCUT2D eigenvalue weighted by molar-refractivity contribution is 7.81. The van der Waals surface area contributed by atoms with Crippen LogP contribution in [0.3, 0.4) is 0 Å². The number of rotatable bonds is 6. The summed E-state index contributed by atoms with van der Waals surface area (Å²) < 4.78 is 4.81. The zero-order valence-electron chi connectivity index (χ0n) is 6.62. The third-order valence-electron chi connectivity index (χ3n) is 1.36. The number of carbonyl (C=O) groups is 1. The molecular weight excluding hydrogens is 164 g/mol. The number of ether oxygens (including phenoxy) is 1. The van der Waals surface area contributed by atoms with Crippen LogP contribution in [0.15, 0.2) is 0 Å². The molecule has 0 aliphatic heterocycles. The van der Waals surface area contributed by atoms with Crippen LogP contribution in [0.5, 0.6) is 0 Å². The first kappa shape index (κ1) is 10.8. The average molecular weight is 178 g/mol. The maximum atomic E-state index is 10.3. The van der Waals surface area contributed by atoms with Gasteiger partial charge in [-0.05, 0) is 19.3 Å². The Morgan fingerprint density at radius 3 is 2.73 bits per heavy atom. The van der Waals surface area contributed by atoms with Gasteiger partial charge in [0.2, 0.25) is 0 Å². The molecule has 0 amide bonds. The molecule has 0 bridgehead atoms. The monoisotopic (exact) mass is 178 g/mol. The van der Waals surface area contributed by atoms with E-state index in [0.717, 1.165) is 12.8 Å². The first-order valence-electron chi connectivity index (χ1n) is 3.58. The Labute approximate surface area is 72.2 Å². The van der Waals surface area contributed by atoms with Crippen molar-refractivity contribution in [1.29, 1.82) is 0 Å². The van der Waals surface area contributed by atoms with Crippen LogP contribution in [-0.4, -0.2) is 30.0 Å². The van der Waals surface area contributed by atoms with Crippen LogP contribution in [0, 0.1) is 0 Å². The molecule has 0 saturated heterocycles. The molecule has 3 nitrogen and oxygen atoms in total. The van der Waals surface area contributed by atoms with Crippen molar-refractivity contribution in [3.8, 4) is 0 Å². The number of hydrogen-bond acceptors (Lipinski definition) is 3. The number of methoxy groups -OCH3 is 1. The zero-order chi connectivity index (χ0) is 8.69. The summed E-state index contributed by atoms with van der Waals surface area (Å²) in [7, 11) is 1.63. The van der Waals surface area contributed by atoms with Crippen molar-refractivity contribution >= 4 is 18.6 Å². The average Bonchev–Trinajstić information content (AvgIpc) is 1.97. The fraction of sp³-hybridized carbons (Fsp3) is 0.857. The van der Waals surface area contributed by atoms with Crippen LogP contribution in [0.1, 0.15) is 19.3 Å². The van der Waals surface area contributed by atoms with Crippen LogP contribution in [-0.2, 0) is 9.53 Å². The van der Waals surface area contributed by atoms with Gasteiger partial charge in [-0.1, -0.05) is 0 Å². The van der Waals surface area contributed by atoms with E-state index in [-0.39, 0.29) is 0 Å². The highest BCUT2D eigenvalue weighted by atomic mass is 32.1. The Bertz CT molecular complexity index is 116. The van der Waals surface area contributed by atoms with E-state index in [1.807, 2.05) is 0 Å². The molecule has 0 aliphatic carbocycles.